The molecule has 0 aliphatic heterocycles. The van der Waals surface area contributed by atoms with Crippen molar-refractivity contribution >= 4 is 15.9 Å². The molecule has 2 heterocycles. The summed E-state index contributed by atoms with van der Waals surface area (Å²) in [6, 6.07) is 8.10. The molecule has 21 heavy (non-hydrogen) atoms. The molecule has 0 radical (unpaired) electrons. The van der Waals surface area contributed by atoms with E-state index in [1.165, 1.54) is 0 Å². The molecule has 1 aromatic carbocycles. The Bertz CT molecular complexity index is 728. The fourth-order valence-electron chi connectivity index (χ4n) is 1.99. The Balaban J connectivity index is 1.79. The van der Waals surface area contributed by atoms with Gasteiger partial charge in [0.15, 0.2) is 5.82 Å². The predicted octanol–water partition coefficient (Wildman–Crippen LogP) is 2.68. The maximum Gasteiger partial charge on any atom is 0.216 e. The molecule has 3 rings (SSSR count). The molecule has 0 unspecified atom stereocenters. The average molecular weight is 348 g/mol. The summed E-state index contributed by atoms with van der Waals surface area (Å²) in [4.78, 5) is 4.36. The number of aryl methyl sites for hydroxylation is 2. The summed E-state index contributed by atoms with van der Waals surface area (Å²) in [6.45, 7) is 4.26. The molecular weight excluding hydrogens is 334 g/mol. The van der Waals surface area contributed by atoms with Crippen LogP contribution in [0.15, 0.2) is 33.2 Å². The first-order valence-electron chi connectivity index (χ1n) is 6.54. The molecule has 108 valence electrons. The van der Waals surface area contributed by atoms with Crippen LogP contribution in [-0.2, 0) is 13.0 Å². The van der Waals surface area contributed by atoms with Gasteiger partial charge in [-0.15, -0.1) is 5.10 Å². The molecule has 0 saturated carbocycles. The number of hydrogen-bond donors (Lipinski definition) is 0. The maximum absolute atomic E-state index is 5.57. The van der Waals surface area contributed by atoms with E-state index in [2.05, 4.69) is 36.4 Å². The second-order valence-corrected chi connectivity index (χ2v) is 5.72. The number of aromatic nitrogens is 5. The van der Waals surface area contributed by atoms with Crippen LogP contribution in [-0.4, -0.2) is 25.2 Å². The third-order valence-electron chi connectivity index (χ3n) is 3.24. The van der Waals surface area contributed by atoms with Gasteiger partial charge in [0.05, 0.1) is 5.69 Å². The van der Waals surface area contributed by atoms with Gasteiger partial charge in [0, 0.05) is 10.9 Å². The van der Waals surface area contributed by atoms with Crippen molar-refractivity contribution < 1.29 is 4.42 Å². The van der Waals surface area contributed by atoms with Gasteiger partial charge in [-0.3, -0.25) is 0 Å². The van der Waals surface area contributed by atoms with Crippen molar-refractivity contribution in [1.82, 2.24) is 25.2 Å². The first kappa shape index (κ1) is 13.9. The molecule has 0 bridgehead atoms. The van der Waals surface area contributed by atoms with Gasteiger partial charge in [0.1, 0.15) is 12.3 Å². The van der Waals surface area contributed by atoms with E-state index in [0.29, 0.717) is 18.9 Å². The SMILES string of the molecule is Cc1nc(Cn2nnnc2Cc2ccc(Br)cc2)oc1C. The van der Waals surface area contributed by atoms with Crippen molar-refractivity contribution in [2.45, 2.75) is 26.8 Å². The quantitative estimate of drug-likeness (QED) is 0.725. The normalized spacial score (nSPS) is 11.0. The highest BCUT2D eigenvalue weighted by molar-refractivity contribution is 9.10. The van der Waals surface area contributed by atoms with Gasteiger partial charge < -0.3 is 4.42 Å². The van der Waals surface area contributed by atoms with Crippen LogP contribution in [0.25, 0.3) is 0 Å². The molecule has 0 amide bonds. The molecule has 0 aliphatic carbocycles. The van der Waals surface area contributed by atoms with Crippen molar-refractivity contribution in [2.75, 3.05) is 0 Å². The molecule has 6 nitrogen and oxygen atoms in total. The molecule has 0 spiro atoms. The van der Waals surface area contributed by atoms with Crippen molar-refractivity contribution in [2.24, 2.45) is 0 Å². The maximum atomic E-state index is 5.57. The fourth-order valence-corrected chi connectivity index (χ4v) is 2.26. The Kier molecular flexibility index (Phi) is 3.83. The average Bonchev–Trinajstić information content (AvgIpc) is 3.01. The fraction of sp³-hybridized carbons (Fsp3) is 0.286. The molecule has 3 aromatic rings. The minimum absolute atomic E-state index is 0.438. The highest BCUT2D eigenvalue weighted by Crippen LogP contribution is 2.14. The lowest BCUT2D eigenvalue weighted by atomic mass is 10.1. The van der Waals surface area contributed by atoms with Crippen LogP contribution in [0.1, 0.15) is 28.7 Å². The van der Waals surface area contributed by atoms with Crippen LogP contribution in [0.5, 0.6) is 0 Å². The molecule has 0 N–H and O–H groups in total. The number of rotatable bonds is 4. The minimum atomic E-state index is 0.438. The zero-order valence-corrected chi connectivity index (χ0v) is 13.3. The molecule has 2 aromatic heterocycles. The van der Waals surface area contributed by atoms with Crippen LogP contribution in [0, 0.1) is 13.8 Å². The molecule has 0 fully saturated rings. The van der Waals surface area contributed by atoms with Crippen LogP contribution < -0.4 is 0 Å². The third-order valence-corrected chi connectivity index (χ3v) is 3.77. The predicted molar refractivity (Wildman–Crippen MR) is 79.8 cm³/mol. The first-order chi connectivity index (χ1) is 10.1. The minimum Gasteiger partial charge on any atom is -0.444 e. The van der Waals surface area contributed by atoms with Gasteiger partial charge in [0.25, 0.3) is 0 Å². The Morgan fingerprint density at radius 1 is 1.19 bits per heavy atom. The molecule has 7 heteroatoms. The van der Waals surface area contributed by atoms with E-state index < -0.39 is 0 Å². The molecule has 0 saturated heterocycles. The molecule has 0 aliphatic rings. The summed E-state index contributed by atoms with van der Waals surface area (Å²) in [5.74, 6) is 2.23. The lowest BCUT2D eigenvalue weighted by Crippen LogP contribution is -2.08. The number of halogens is 1. The summed E-state index contributed by atoms with van der Waals surface area (Å²) >= 11 is 3.42. The van der Waals surface area contributed by atoms with E-state index >= 15 is 0 Å². The van der Waals surface area contributed by atoms with Crippen molar-refractivity contribution in [3.63, 3.8) is 0 Å². The summed E-state index contributed by atoms with van der Waals surface area (Å²) in [5.41, 5.74) is 2.04. The van der Waals surface area contributed by atoms with Crippen LogP contribution in [0.2, 0.25) is 0 Å². The smallest absolute Gasteiger partial charge is 0.216 e. The van der Waals surface area contributed by atoms with E-state index in [9.17, 15) is 0 Å². The van der Waals surface area contributed by atoms with Gasteiger partial charge in [-0.25, -0.2) is 9.67 Å². The van der Waals surface area contributed by atoms with E-state index in [4.69, 9.17) is 4.42 Å². The largest absolute Gasteiger partial charge is 0.444 e. The Hall–Kier alpha value is -2.02. The highest BCUT2D eigenvalue weighted by Gasteiger charge is 2.12. The van der Waals surface area contributed by atoms with Crippen LogP contribution in [0.4, 0.5) is 0 Å². The van der Waals surface area contributed by atoms with Gasteiger partial charge in [-0.1, -0.05) is 28.1 Å². The Morgan fingerprint density at radius 3 is 2.62 bits per heavy atom. The van der Waals surface area contributed by atoms with E-state index in [-0.39, 0.29) is 0 Å². The van der Waals surface area contributed by atoms with E-state index in [0.717, 1.165) is 27.3 Å². The second-order valence-electron chi connectivity index (χ2n) is 4.81. The topological polar surface area (TPSA) is 69.6 Å². The number of oxazole rings is 1. The van der Waals surface area contributed by atoms with Gasteiger partial charge >= 0.3 is 0 Å². The van der Waals surface area contributed by atoms with Crippen molar-refractivity contribution in [1.29, 1.82) is 0 Å². The Morgan fingerprint density at radius 2 is 1.95 bits per heavy atom. The van der Waals surface area contributed by atoms with E-state index in [1.54, 1.807) is 4.68 Å². The summed E-state index contributed by atoms with van der Waals surface area (Å²) < 4.78 is 8.34. The van der Waals surface area contributed by atoms with Crippen molar-refractivity contribution in [3.05, 3.63) is 57.5 Å². The second kappa shape index (κ2) is 5.77. The molecular formula is C14H14BrN5O. The van der Waals surface area contributed by atoms with E-state index in [1.807, 2.05) is 38.1 Å². The monoisotopic (exact) mass is 347 g/mol. The lowest BCUT2D eigenvalue weighted by molar-refractivity contribution is 0.438. The summed E-state index contributed by atoms with van der Waals surface area (Å²) in [7, 11) is 0. The zero-order chi connectivity index (χ0) is 14.8. The Labute approximate surface area is 130 Å². The van der Waals surface area contributed by atoms with Gasteiger partial charge in [0.2, 0.25) is 5.89 Å². The lowest BCUT2D eigenvalue weighted by Gasteiger charge is -2.02. The highest BCUT2D eigenvalue weighted by atomic mass is 79.9. The number of benzene rings is 1. The number of hydrogen-bond acceptors (Lipinski definition) is 5. The summed E-state index contributed by atoms with van der Waals surface area (Å²) in [5, 5.41) is 11.8. The summed E-state index contributed by atoms with van der Waals surface area (Å²) in [6.07, 6.45) is 0.666. The third kappa shape index (κ3) is 3.18. The van der Waals surface area contributed by atoms with Crippen molar-refractivity contribution in [3.8, 4) is 0 Å². The number of nitrogens with zero attached hydrogens (tertiary/aromatic N) is 5. The number of tetrazole rings is 1. The van der Waals surface area contributed by atoms with Gasteiger partial charge in [-0.05, 0) is 42.0 Å². The first-order valence-corrected chi connectivity index (χ1v) is 7.33. The van der Waals surface area contributed by atoms with Gasteiger partial charge in [-0.2, -0.15) is 0 Å². The zero-order valence-electron chi connectivity index (χ0n) is 11.7. The molecule has 0 atom stereocenters. The van der Waals surface area contributed by atoms with Crippen LogP contribution in [0.3, 0.4) is 0 Å². The van der Waals surface area contributed by atoms with Crippen LogP contribution >= 0.6 is 15.9 Å². The standard InChI is InChI=1S/C14H14BrN5O/c1-9-10(2)21-14(16-9)8-20-13(17-18-19-20)7-11-3-5-12(15)6-4-11/h3-6H,7-8H2,1-2H3.